The van der Waals surface area contributed by atoms with Gasteiger partial charge in [-0.05, 0) is 6.42 Å². The number of rotatable bonds is 11. The Balaban J connectivity index is 4.11. The fourth-order valence-corrected chi connectivity index (χ4v) is 4.41. The Labute approximate surface area is 111 Å². The second-order valence-electron chi connectivity index (χ2n) is 3.36. The molecule has 110 valence electrons. The number of hydrogen-bond acceptors (Lipinski definition) is 7. The van der Waals surface area contributed by atoms with Crippen LogP contribution < -0.4 is 0 Å². The summed E-state index contributed by atoms with van der Waals surface area (Å²) in [5, 5.41) is 0. The standard InChI is InChI=1S/C9H24O7Si2/c1-10-17(11-2,12-3)9-7-8-16-18(13-4,14-5)15-6/h7-9H2,1-6H3. The summed E-state index contributed by atoms with van der Waals surface area (Å²) in [6.45, 7) is 0.423. The summed E-state index contributed by atoms with van der Waals surface area (Å²) in [5.74, 6) is 0. The summed E-state index contributed by atoms with van der Waals surface area (Å²) in [6, 6.07) is 0.651. The Morgan fingerprint density at radius 3 is 1.44 bits per heavy atom. The highest BCUT2D eigenvalue weighted by atomic mass is 28.4. The van der Waals surface area contributed by atoms with Gasteiger partial charge in [0.15, 0.2) is 0 Å². The van der Waals surface area contributed by atoms with Gasteiger partial charge in [-0.3, -0.25) is 0 Å². The van der Waals surface area contributed by atoms with E-state index < -0.39 is 17.9 Å². The first-order valence-electron chi connectivity index (χ1n) is 5.52. The van der Waals surface area contributed by atoms with Crippen LogP contribution in [0.2, 0.25) is 6.04 Å². The minimum atomic E-state index is -2.95. The predicted molar refractivity (Wildman–Crippen MR) is 68.9 cm³/mol. The fourth-order valence-electron chi connectivity index (χ4n) is 1.47. The first kappa shape index (κ1) is 18.2. The Morgan fingerprint density at radius 2 is 1.11 bits per heavy atom. The van der Waals surface area contributed by atoms with Gasteiger partial charge in [-0.1, -0.05) is 0 Å². The molecule has 0 bridgehead atoms. The molecule has 0 rings (SSSR count). The number of hydrogen-bond donors (Lipinski definition) is 0. The molecule has 0 fully saturated rings. The highest BCUT2D eigenvalue weighted by Crippen LogP contribution is 2.16. The maximum atomic E-state index is 5.53. The molecular weight excluding hydrogens is 276 g/mol. The van der Waals surface area contributed by atoms with Gasteiger partial charge < -0.3 is 31.0 Å². The van der Waals surface area contributed by atoms with Gasteiger partial charge >= 0.3 is 17.9 Å². The van der Waals surface area contributed by atoms with E-state index in [9.17, 15) is 0 Å². The van der Waals surface area contributed by atoms with Gasteiger partial charge in [-0.25, -0.2) is 0 Å². The first-order valence-corrected chi connectivity index (χ1v) is 9.09. The van der Waals surface area contributed by atoms with Crippen LogP contribution in [0.15, 0.2) is 0 Å². The van der Waals surface area contributed by atoms with Crippen molar-refractivity contribution < 1.29 is 31.0 Å². The molecular formula is C9H24O7Si2. The maximum Gasteiger partial charge on any atom is 0.678 e. The molecule has 0 unspecified atom stereocenters. The highest BCUT2D eigenvalue weighted by molar-refractivity contribution is 6.60. The van der Waals surface area contributed by atoms with Gasteiger partial charge in [-0.15, -0.1) is 0 Å². The molecule has 0 aliphatic rings. The van der Waals surface area contributed by atoms with Crippen LogP contribution in [-0.2, 0) is 31.0 Å². The van der Waals surface area contributed by atoms with Crippen LogP contribution in [0.5, 0.6) is 0 Å². The third kappa shape index (κ3) is 5.03. The van der Waals surface area contributed by atoms with E-state index in [4.69, 9.17) is 31.0 Å². The lowest BCUT2D eigenvalue weighted by Gasteiger charge is -2.26. The van der Waals surface area contributed by atoms with Crippen LogP contribution in [0, 0.1) is 0 Å². The van der Waals surface area contributed by atoms with E-state index >= 15 is 0 Å². The van der Waals surface area contributed by atoms with Crippen LogP contribution >= 0.6 is 0 Å². The molecule has 0 amide bonds. The average Bonchev–Trinajstić information content (AvgIpc) is 2.45. The van der Waals surface area contributed by atoms with Crippen molar-refractivity contribution in [2.75, 3.05) is 49.3 Å². The second kappa shape index (κ2) is 9.12. The van der Waals surface area contributed by atoms with Crippen LogP contribution in [0.25, 0.3) is 0 Å². The molecule has 0 aromatic rings. The normalized spacial score (nSPS) is 13.0. The van der Waals surface area contributed by atoms with Crippen molar-refractivity contribution in [1.29, 1.82) is 0 Å². The van der Waals surface area contributed by atoms with Gasteiger partial charge in [0.2, 0.25) is 0 Å². The third-order valence-electron chi connectivity index (χ3n) is 2.59. The van der Waals surface area contributed by atoms with Crippen molar-refractivity contribution in [3.63, 3.8) is 0 Å². The molecule has 0 aromatic carbocycles. The average molecular weight is 300 g/mol. The summed E-state index contributed by atoms with van der Waals surface area (Å²) in [7, 11) is 3.76. The summed E-state index contributed by atoms with van der Waals surface area (Å²) >= 11 is 0. The van der Waals surface area contributed by atoms with Crippen LogP contribution in [0.3, 0.4) is 0 Å². The molecule has 0 aromatic heterocycles. The summed E-state index contributed by atoms with van der Waals surface area (Å²) in [6.07, 6.45) is 0.701. The molecule has 18 heavy (non-hydrogen) atoms. The quantitative estimate of drug-likeness (QED) is 0.410. The van der Waals surface area contributed by atoms with E-state index in [2.05, 4.69) is 0 Å². The van der Waals surface area contributed by atoms with Crippen molar-refractivity contribution in [1.82, 2.24) is 0 Å². The van der Waals surface area contributed by atoms with Gasteiger partial charge in [0.05, 0.1) is 0 Å². The molecule has 0 spiro atoms. The molecule has 9 heteroatoms. The topological polar surface area (TPSA) is 64.6 Å². The lowest BCUT2D eigenvalue weighted by molar-refractivity contribution is 0.00506. The summed E-state index contributed by atoms with van der Waals surface area (Å²) in [5.41, 5.74) is 0. The Hall–Kier alpha value is 0.154. The minimum Gasteiger partial charge on any atom is -0.377 e. The van der Waals surface area contributed by atoms with E-state index in [1.54, 1.807) is 21.3 Å². The van der Waals surface area contributed by atoms with Crippen molar-refractivity contribution in [3.05, 3.63) is 0 Å². The van der Waals surface area contributed by atoms with Gasteiger partial charge in [0.1, 0.15) is 0 Å². The van der Waals surface area contributed by atoms with Gasteiger partial charge in [0, 0.05) is 55.3 Å². The Bertz CT molecular complexity index is 171. The SMILES string of the molecule is CO[Si](CCCO[Si](OC)(OC)OC)(OC)OC. The minimum absolute atomic E-state index is 0.423. The van der Waals surface area contributed by atoms with Crippen LogP contribution in [-0.4, -0.2) is 67.1 Å². The molecule has 0 radical (unpaired) electrons. The molecule has 0 atom stereocenters. The van der Waals surface area contributed by atoms with Crippen molar-refractivity contribution in [2.24, 2.45) is 0 Å². The molecule has 0 saturated carbocycles. The van der Waals surface area contributed by atoms with Crippen molar-refractivity contribution in [3.8, 4) is 0 Å². The van der Waals surface area contributed by atoms with E-state index in [1.807, 2.05) is 0 Å². The zero-order valence-corrected chi connectivity index (χ0v) is 14.0. The molecule has 0 saturated heterocycles. The molecule has 0 aliphatic carbocycles. The van der Waals surface area contributed by atoms with Crippen molar-refractivity contribution >= 4 is 17.9 Å². The van der Waals surface area contributed by atoms with E-state index in [0.717, 1.165) is 0 Å². The maximum absolute atomic E-state index is 5.53. The summed E-state index contributed by atoms with van der Waals surface area (Å²) in [4.78, 5) is 0. The predicted octanol–water partition coefficient (Wildman–Crippen LogP) is 0.646. The van der Waals surface area contributed by atoms with Crippen LogP contribution in [0.1, 0.15) is 6.42 Å². The molecule has 0 aliphatic heterocycles. The lowest BCUT2D eigenvalue weighted by Crippen LogP contribution is -2.47. The monoisotopic (exact) mass is 300 g/mol. The second-order valence-corrected chi connectivity index (χ2v) is 8.96. The van der Waals surface area contributed by atoms with E-state index in [0.29, 0.717) is 19.1 Å². The lowest BCUT2D eigenvalue weighted by atomic mass is 10.5. The molecule has 7 nitrogen and oxygen atoms in total. The van der Waals surface area contributed by atoms with Crippen molar-refractivity contribution in [2.45, 2.75) is 12.5 Å². The van der Waals surface area contributed by atoms with Gasteiger partial charge in [-0.2, -0.15) is 0 Å². The third-order valence-corrected chi connectivity index (χ3v) is 7.48. The zero-order valence-electron chi connectivity index (χ0n) is 12.0. The van der Waals surface area contributed by atoms with E-state index in [-0.39, 0.29) is 0 Å². The van der Waals surface area contributed by atoms with E-state index in [1.165, 1.54) is 21.3 Å². The Kier molecular flexibility index (Phi) is 9.20. The Morgan fingerprint density at radius 1 is 0.667 bits per heavy atom. The van der Waals surface area contributed by atoms with Crippen LogP contribution in [0.4, 0.5) is 0 Å². The smallest absolute Gasteiger partial charge is 0.377 e. The largest absolute Gasteiger partial charge is 0.678 e. The zero-order chi connectivity index (χ0) is 14.1. The molecule has 0 N–H and O–H groups in total. The van der Waals surface area contributed by atoms with Gasteiger partial charge in [0.25, 0.3) is 0 Å². The highest BCUT2D eigenvalue weighted by Gasteiger charge is 2.43. The summed E-state index contributed by atoms with van der Waals surface area (Å²) < 4.78 is 36.9. The molecule has 0 heterocycles. The fraction of sp³-hybridized carbons (Fsp3) is 1.00. The first-order chi connectivity index (χ1) is 8.57.